The fourth-order valence-corrected chi connectivity index (χ4v) is 6.07. The van der Waals surface area contributed by atoms with Gasteiger partial charge >= 0.3 is 5.97 Å². The van der Waals surface area contributed by atoms with Crippen molar-refractivity contribution in [1.82, 2.24) is 4.31 Å². The van der Waals surface area contributed by atoms with Crippen LogP contribution in [0.15, 0.2) is 47.4 Å². The van der Waals surface area contributed by atoms with Gasteiger partial charge in [0.15, 0.2) is 12.4 Å². The van der Waals surface area contributed by atoms with Gasteiger partial charge in [-0.15, -0.1) is 0 Å². The van der Waals surface area contributed by atoms with Crippen molar-refractivity contribution in [3.05, 3.63) is 64.7 Å². The molecular weight excluding hydrogens is 414 g/mol. The Morgan fingerprint density at radius 3 is 2.42 bits per heavy atom. The van der Waals surface area contributed by atoms with E-state index in [4.69, 9.17) is 4.74 Å². The highest BCUT2D eigenvalue weighted by Crippen LogP contribution is 2.26. The van der Waals surface area contributed by atoms with Crippen molar-refractivity contribution in [3.8, 4) is 0 Å². The summed E-state index contributed by atoms with van der Waals surface area (Å²) >= 11 is 0. The predicted molar refractivity (Wildman–Crippen MR) is 117 cm³/mol. The maximum absolute atomic E-state index is 12.9. The third-order valence-corrected chi connectivity index (χ3v) is 8.22. The number of esters is 1. The number of hydrogen-bond acceptors (Lipinski definition) is 5. The van der Waals surface area contributed by atoms with E-state index < -0.39 is 16.0 Å². The summed E-state index contributed by atoms with van der Waals surface area (Å²) in [5.74, 6) is -0.897. The fourth-order valence-electron chi connectivity index (χ4n) is 4.37. The minimum atomic E-state index is -3.59. The first-order valence-corrected chi connectivity index (χ1v) is 12.2. The Balaban J connectivity index is 1.38. The van der Waals surface area contributed by atoms with E-state index in [1.54, 1.807) is 6.07 Å². The van der Waals surface area contributed by atoms with Crippen LogP contribution in [0.1, 0.15) is 64.4 Å². The predicted octanol–water partition coefficient (Wildman–Crippen LogP) is 3.78. The largest absolute Gasteiger partial charge is 0.454 e. The molecule has 2 aliphatic rings. The number of carbonyl (C=O) groups excluding carboxylic acids is 2. The summed E-state index contributed by atoms with van der Waals surface area (Å²) in [7, 11) is -3.59. The van der Waals surface area contributed by atoms with Crippen molar-refractivity contribution in [2.75, 3.05) is 13.2 Å². The smallest absolute Gasteiger partial charge is 0.338 e. The van der Waals surface area contributed by atoms with E-state index in [0.717, 1.165) is 38.5 Å². The van der Waals surface area contributed by atoms with Gasteiger partial charge in [-0.05, 0) is 80.5 Å². The lowest BCUT2D eigenvalue weighted by Gasteiger charge is -2.32. The lowest BCUT2D eigenvalue weighted by molar-refractivity contribution is 0.0474. The van der Waals surface area contributed by atoms with Crippen LogP contribution in [0.4, 0.5) is 0 Å². The lowest BCUT2D eigenvalue weighted by Crippen LogP contribution is -2.41. The summed E-state index contributed by atoms with van der Waals surface area (Å²) < 4.78 is 32.5. The molecule has 4 rings (SSSR count). The van der Waals surface area contributed by atoms with Crippen LogP contribution in [-0.2, 0) is 27.6 Å². The van der Waals surface area contributed by atoms with Crippen molar-refractivity contribution in [2.45, 2.75) is 56.4 Å². The number of ketones is 1. The van der Waals surface area contributed by atoms with Gasteiger partial charge in [0.1, 0.15) is 0 Å². The van der Waals surface area contributed by atoms with Crippen LogP contribution in [0.2, 0.25) is 0 Å². The molecule has 1 heterocycles. The summed E-state index contributed by atoms with van der Waals surface area (Å²) in [6.45, 7) is 2.08. The molecule has 7 heteroatoms. The second kappa shape index (κ2) is 8.93. The molecule has 0 radical (unpaired) electrons. The normalized spacial score (nSPS) is 19.1. The Bertz CT molecular complexity index is 1090. The van der Waals surface area contributed by atoms with Gasteiger partial charge in [-0.1, -0.05) is 18.6 Å². The number of nitrogens with zero attached hydrogens (tertiary/aromatic N) is 1. The maximum Gasteiger partial charge on any atom is 0.338 e. The molecule has 0 saturated carbocycles. The first-order chi connectivity index (χ1) is 14.9. The highest BCUT2D eigenvalue weighted by molar-refractivity contribution is 7.89. The number of Topliss-reactive ketones (excluding diaryl/α,β-unsaturated/α-hetero) is 1. The van der Waals surface area contributed by atoms with E-state index in [0.29, 0.717) is 12.1 Å². The van der Waals surface area contributed by atoms with E-state index in [1.165, 1.54) is 39.7 Å². The highest BCUT2D eigenvalue weighted by Gasteiger charge is 2.31. The van der Waals surface area contributed by atoms with Crippen LogP contribution in [0.3, 0.4) is 0 Å². The van der Waals surface area contributed by atoms with Gasteiger partial charge in [0.2, 0.25) is 10.0 Å². The Hall–Kier alpha value is -2.51. The molecule has 2 aromatic rings. The Labute approximate surface area is 183 Å². The van der Waals surface area contributed by atoms with Crippen molar-refractivity contribution in [1.29, 1.82) is 0 Å². The molecule has 1 aliphatic heterocycles. The number of benzene rings is 2. The minimum Gasteiger partial charge on any atom is -0.454 e. The van der Waals surface area contributed by atoms with Crippen LogP contribution in [0.5, 0.6) is 0 Å². The van der Waals surface area contributed by atoms with E-state index in [2.05, 4.69) is 0 Å². The third-order valence-electron chi connectivity index (χ3n) is 6.19. The average molecular weight is 442 g/mol. The van der Waals surface area contributed by atoms with Gasteiger partial charge in [0.05, 0.1) is 10.5 Å². The number of piperidine rings is 1. The molecule has 1 unspecified atom stereocenters. The van der Waals surface area contributed by atoms with Crippen LogP contribution in [0, 0.1) is 0 Å². The summed E-state index contributed by atoms with van der Waals surface area (Å²) in [5, 5.41) is 0. The summed E-state index contributed by atoms with van der Waals surface area (Å²) in [6, 6.07) is 11.3. The number of rotatable bonds is 6. The molecule has 0 bridgehead atoms. The Morgan fingerprint density at radius 1 is 0.968 bits per heavy atom. The molecule has 164 valence electrons. The number of carbonyl (C=O) groups is 2. The van der Waals surface area contributed by atoms with Crippen LogP contribution in [-0.4, -0.2) is 43.7 Å². The third kappa shape index (κ3) is 4.57. The number of ether oxygens (including phenoxy) is 1. The molecule has 1 aliphatic carbocycles. The lowest BCUT2D eigenvalue weighted by atomic mass is 10.0. The van der Waals surface area contributed by atoms with E-state index in [-0.39, 0.29) is 28.9 Å². The van der Waals surface area contributed by atoms with Gasteiger partial charge in [-0.2, -0.15) is 4.31 Å². The quantitative estimate of drug-likeness (QED) is 0.503. The number of fused-ring (bicyclic) bond motifs is 1. The molecule has 1 atom stereocenters. The first-order valence-electron chi connectivity index (χ1n) is 10.8. The molecule has 31 heavy (non-hydrogen) atoms. The molecule has 1 saturated heterocycles. The highest BCUT2D eigenvalue weighted by atomic mass is 32.2. The first kappa shape index (κ1) is 21.7. The van der Waals surface area contributed by atoms with Crippen molar-refractivity contribution in [2.24, 2.45) is 0 Å². The van der Waals surface area contributed by atoms with Crippen molar-refractivity contribution in [3.63, 3.8) is 0 Å². The van der Waals surface area contributed by atoms with Crippen LogP contribution < -0.4 is 0 Å². The Morgan fingerprint density at radius 2 is 1.68 bits per heavy atom. The van der Waals surface area contributed by atoms with Crippen LogP contribution in [0.25, 0.3) is 0 Å². The number of hydrogen-bond donors (Lipinski definition) is 0. The molecule has 6 nitrogen and oxygen atoms in total. The van der Waals surface area contributed by atoms with E-state index in [9.17, 15) is 18.0 Å². The summed E-state index contributed by atoms with van der Waals surface area (Å²) in [5.41, 5.74) is 3.23. The van der Waals surface area contributed by atoms with Gasteiger partial charge in [0.25, 0.3) is 0 Å². The molecular formula is C24H27NO5S. The maximum atomic E-state index is 12.9. The molecule has 0 amide bonds. The molecule has 1 fully saturated rings. The second-order valence-corrected chi connectivity index (χ2v) is 10.2. The minimum absolute atomic E-state index is 0.0337. The molecule has 0 spiro atoms. The number of sulfonamides is 1. The van der Waals surface area contributed by atoms with Crippen LogP contribution >= 0.6 is 0 Å². The van der Waals surface area contributed by atoms with Gasteiger partial charge in [-0.25, -0.2) is 13.2 Å². The van der Waals surface area contributed by atoms with Gasteiger partial charge in [0, 0.05) is 18.2 Å². The standard InChI is InChI=1S/C24H27NO5S/c1-17-5-2-3-14-25(17)31(28,29)22-12-10-19(11-13-22)24(27)30-16-23(26)21-9-8-18-6-4-7-20(18)15-21/h8-13,15,17H,2-7,14,16H2,1H3. The molecule has 2 aromatic carbocycles. The van der Waals surface area contributed by atoms with E-state index in [1.807, 2.05) is 19.1 Å². The summed E-state index contributed by atoms with van der Waals surface area (Å²) in [4.78, 5) is 24.9. The molecule has 0 aromatic heterocycles. The monoisotopic (exact) mass is 441 g/mol. The zero-order valence-corrected chi connectivity index (χ0v) is 18.5. The zero-order chi connectivity index (χ0) is 22.0. The SMILES string of the molecule is CC1CCCCN1S(=O)(=O)c1ccc(C(=O)OCC(=O)c2ccc3c(c2)CCC3)cc1. The number of aryl methyl sites for hydroxylation is 2. The van der Waals surface area contributed by atoms with Crippen molar-refractivity contribution < 1.29 is 22.7 Å². The molecule has 0 N–H and O–H groups in total. The fraction of sp³-hybridized carbons (Fsp3) is 0.417. The van der Waals surface area contributed by atoms with Gasteiger partial charge in [-0.3, -0.25) is 4.79 Å². The van der Waals surface area contributed by atoms with Crippen molar-refractivity contribution >= 4 is 21.8 Å². The zero-order valence-electron chi connectivity index (χ0n) is 17.7. The Kier molecular flexibility index (Phi) is 6.25. The average Bonchev–Trinajstić information content (AvgIpc) is 3.25. The topological polar surface area (TPSA) is 80.8 Å². The summed E-state index contributed by atoms with van der Waals surface area (Å²) in [6.07, 6.45) is 5.85. The second-order valence-electron chi connectivity index (χ2n) is 8.32. The van der Waals surface area contributed by atoms with E-state index >= 15 is 0 Å². The van der Waals surface area contributed by atoms with Gasteiger partial charge < -0.3 is 4.74 Å².